The predicted molar refractivity (Wildman–Crippen MR) is 122 cm³/mol. The Balaban J connectivity index is 2.11. The molecule has 160 valence electrons. The van der Waals surface area contributed by atoms with E-state index in [1.165, 1.54) is 7.11 Å². The van der Waals surface area contributed by atoms with Gasteiger partial charge in [0.05, 0.1) is 14.2 Å². The molecular weight excluding hydrogens is 390 g/mol. The zero-order chi connectivity index (χ0) is 22.3. The van der Waals surface area contributed by atoms with Crippen LogP contribution in [0.3, 0.4) is 0 Å². The summed E-state index contributed by atoms with van der Waals surface area (Å²) in [5.41, 5.74) is 0.973. The van der Waals surface area contributed by atoms with Crippen molar-refractivity contribution < 1.29 is 19.0 Å². The lowest BCUT2D eigenvalue weighted by atomic mass is 9.83. The fourth-order valence-corrected chi connectivity index (χ4v) is 3.58. The molecule has 0 bridgehead atoms. The number of carbonyl (C=O) groups excluding carboxylic acids is 1. The van der Waals surface area contributed by atoms with Gasteiger partial charge >= 0.3 is 5.97 Å². The molecule has 5 heteroatoms. The number of esters is 1. The van der Waals surface area contributed by atoms with Crippen LogP contribution in [0.4, 0.5) is 0 Å². The largest absolute Gasteiger partial charge is 0.497 e. The minimum atomic E-state index is -1.32. The highest BCUT2D eigenvalue weighted by molar-refractivity contribution is 6.00. The van der Waals surface area contributed by atoms with E-state index in [1.807, 2.05) is 85.8 Å². The van der Waals surface area contributed by atoms with Crippen LogP contribution in [0.5, 0.6) is 5.75 Å². The van der Waals surface area contributed by atoms with Crippen molar-refractivity contribution in [3.05, 3.63) is 102 Å². The number of hydrogen-bond donors (Lipinski definition) is 0. The minimum Gasteiger partial charge on any atom is -0.497 e. The lowest BCUT2D eigenvalue weighted by Crippen LogP contribution is -2.49. The number of hydrogen-bond acceptors (Lipinski definition) is 5. The molecule has 0 fully saturated rings. The van der Waals surface area contributed by atoms with Crippen molar-refractivity contribution >= 4 is 11.9 Å². The zero-order valence-corrected chi connectivity index (χ0v) is 18.1. The maximum Gasteiger partial charge on any atom is 0.338 e. The monoisotopic (exact) mass is 417 g/mol. The summed E-state index contributed by atoms with van der Waals surface area (Å²) in [6.07, 6.45) is 7.05. The van der Waals surface area contributed by atoms with E-state index >= 15 is 0 Å². The van der Waals surface area contributed by atoms with Gasteiger partial charge in [0, 0.05) is 12.0 Å². The standard InChI is InChI=1S/C26H27NO4/c1-5-6-8-12-19(2)23-26(25(28)30-4,18-20-13-11-16-22(17-20)29-3)27-24(31-23)21-14-9-7-10-15-21/h5-17,23H,2,18H2,1,3-4H3/b6-5-,12-8-/t23-,26-/m0/s1. The molecule has 2 aromatic rings. The molecule has 0 unspecified atom stereocenters. The smallest absolute Gasteiger partial charge is 0.338 e. The number of methoxy groups -OCH3 is 2. The molecule has 0 saturated heterocycles. The van der Waals surface area contributed by atoms with E-state index in [9.17, 15) is 4.79 Å². The van der Waals surface area contributed by atoms with E-state index in [0.717, 1.165) is 11.1 Å². The Morgan fingerprint density at radius 3 is 2.61 bits per heavy atom. The summed E-state index contributed by atoms with van der Waals surface area (Å²) in [4.78, 5) is 18.0. The maximum atomic E-state index is 13.2. The van der Waals surface area contributed by atoms with Crippen LogP contribution in [-0.2, 0) is 20.7 Å². The molecule has 5 nitrogen and oxygen atoms in total. The molecule has 1 aliphatic heterocycles. The van der Waals surface area contributed by atoms with Gasteiger partial charge in [0.1, 0.15) is 5.75 Å². The molecule has 1 aliphatic rings. The summed E-state index contributed by atoms with van der Waals surface area (Å²) < 4.78 is 16.8. The first-order valence-electron chi connectivity index (χ1n) is 10.1. The second-order valence-corrected chi connectivity index (χ2v) is 7.18. The van der Waals surface area contributed by atoms with Crippen LogP contribution in [0.15, 0.2) is 96.0 Å². The van der Waals surface area contributed by atoms with Crippen LogP contribution in [0.1, 0.15) is 18.1 Å². The molecule has 1 heterocycles. The number of aliphatic imine (C=N–C) groups is 1. The van der Waals surface area contributed by atoms with Gasteiger partial charge < -0.3 is 14.2 Å². The van der Waals surface area contributed by atoms with Crippen molar-refractivity contribution in [3.63, 3.8) is 0 Å². The Bertz CT molecular complexity index is 1020. The average Bonchev–Trinajstić information content (AvgIpc) is 3.20. The van der Waals surface area contributed by atoms with E-state index in [1.54, 1.807) is 7.11 Å². The van der Waals surface area contributed by atoms with Crippen molar-refractivity contribution in [1.82, 2.24) is 0 Å². The third kappa shape index (κ3) is 4.77. The third-order valence-corrected chi connectivity index (χ3v) is 5.08. The Hall–Kier alpha value is -3.60. The average molecular weight is 418 g/mol. The van der Waals surface area contributed by atoms with Gasteiger partial charge in [-0.25, -0.2) is 9.79 Å². The number of benzene rings is 2. The van der Waals surface area contributed by atoms with Gasteiger partial charge in [0.25, 0.3) is 0 Å². The lowest BCUT2D eigenvalue weighted by Gasteiger charge is -2.29. The Morgan fingerprint density at radius 1 is 1.16 bits per heavy atom. The van der Waals surface area contributed by atoms with Crippen molar-refractivity contribution in [2.45, 2.75) is 25.0 Å². The van der Waals surface area contributed by atoms with Gasteiger partial charge in [0.15, 0.2) is 6.10 Å². The van der Waals surface area contributed by atoms with Gasteiger partial charge in [-0.2, -0.15) is 0 Å². The van der Waals surface area contributed by atoms with Gasteiger partial charge in [-0.1, -0.05) is 61.2 Å². The van der Waals surface area contributed by atoms with Crippen LogP contribution in [0.2, 0.25) is 0 Å². The molecule has 0 aliphatic carbocycles. The summed E-state index contributed by atoms with van der Waals surface area (Å²) in [7, 11) is 2.97. The van der Waals surface area contributed by atoms with Crippen LogP contribution in [0.25, 0.3) is 0 Å². The van der Waals surface area contributed by atoms with Crippen LogP contribution < -0.4 is 4.74 Å². The van der Waals surface area contributed by atoms with E-state index < -0.39 is 17.6 Å². The topological polar surface area (TPSA) is 57.1 Å². The van der Waals surface area contributed by atoms with Crippen molar-refractivity contribution in [2.24, 2.45) is 4.99 Å². The fourth-order valence-electron chi connectivity index (χ4n) is 3.58. The van der Waals surface area contributed by atoms with Crippen molar-refractivity contribution in [1.29, 1.82) is 0 Å². The molecule has 0 aromatic heterocycles. The summed E-state index contributed by atoms with van der Waals surface area (Å²) in [6, 6.07) is 17.1. The first kappa shape index (κ1) is 22.1. The quantitative estimate of drug-likeness (QED) is 0.462. The maximum absolute atomic E-state index is 13.2. The van der Waals surface area contributed by atoms with E-state index in [-0.39, 0.29) is 6.42 Å². The first-order chi connectivity index (χ1) is 15.0. The molecule has 2 atom stereocenters. The highest BCUT2D eigenvalue weighted by Gasteiger charge is 2.54. The molecule has 0 radical (unpaired) electrons. The molecule has 2 aromatic carbocycles. The normalized spacial score (nSPS) is 20.5. The Labute approximate surface area is 183 Å². The molecule has 0 N–H and O–H groups in total. The second kappa shape index (κ2) is 9.94. The Morgan fingerprint density at radius 2 is 1.94 bits per heavy atom. The number of nitrogens with zero attached hydrogens (tertiary/aromatic N) is 1. The van der Waals surface area contributed by atoms with E-state index in [2.05, 4.69) is 6.58 Å². The summed E-state index contributed by atoms with van der Waals surface area (Å²) in [6.45, 7) is 6.10. The van der Waals surface area contributed by atoms with E-state index in [0.29, 0.717) is 17.2 Å². The van der Waals surface area contributed by atoms with Gasteiger partial charge in [-0.15, -0.1) is 0 Å². The third-order valence-electron chi connectivity index (χ3n) is 5.08. The number of allylic oxidation sites excluding steroid dienone is 3. The molecule has 3 rings (SSSR count). The number of carbonyl (C=O) groups is 1. The SMILES string of the molecule is C=C(/C=C\C=C/C)[C@@H]1OC(c2ccccc2)=N[C@]1(Cc1cccc(OC)c1)C(=O)OC. The molecule has 0 amide bonds. The molecule has 0 saturated carbocycles. The number of rotatable bonds is 8. The Kier molecular flexibility index (Phi) is 7.08. The lowest BCUT2D eigenvalue weighted by molar-refractivity contribution is -0.148. The van der Waals surface area contributed by atoms with Crippen molar-refractivity contribution in [3.8, 4) is 5.75 Å². The van der Waals surface area contributed by atoms with Gasteiger partial charge in [-0.3, -0.25) is 0 Å². The molecule has 31 heavy (non-hydrogen) atoms. The van der Waals surface area contributed by atoms with Gasteiger partial charge in [0.2, 0.25) is 11.4 Å². The molecular formula is C26H27NO4. The number of ether oxygens (including phenoxy) is 3. The minimum absolute atomic E-state index is 0.272. The van der Waals surface area contributed by atoms with E-state index in [4.69, 9.17) is 19.2 Å². The summed E-state index contributed by atoms with van der Waals surface area (Å²) in [5, 5.41) is 0. The van der Waals surface area contributed by atoms with Crippen molar-refractivity contribution in [2.75, 3.05) is 14.2 Å². The second-order valence-electron chi connectivity index (χ2n) is 7.18. The highest BCUT2D eigenvalue weighted by Crippen LogP contribution is 2.37. The summed E-state index contributed by atoms with van der Waals surface area (Å²) >= 11 is 0. The zero-order valence-electron chi connectivity index (χ0n) is 18.1. The summed E-state index contributed by atoms with van der Waals surface area (Å²) in [5.74, 6) is 0.610. The van der Waals surface area contributed by atoms with Crippen LogP contribution >= 0.6 is 0 Å². The fraction of sp³-hybridized carbons (Fsp3) is 0.231. The highest BCUT2D eigenvalue weighted by atomic mass is 16.5. The molecule has 0 spiro atoms. The first-order valence-corrected chi connectivity index (χ1v) is 10.1. The van der Waals surface area contributed by atoms with Gasteiger partial charge in [-0.05, 0) is 42.3 Å². The van der Waals surface area contributed by atoms with Crippen LogP contribution in [0, 0.1) is 0 Å². The van der Waals surface area contributed by atoms with Crippen LogP contribution in [-0.4, -0.2) is 37.7 Å². The predicted octanol–water partition coefficient (Wildman–Crippen LogP) is 4.68.